The number of aliphatic hydroxyl groups excluding tert-OH is 2. The van der Waals surface area contributed by atoms with Crippen molar-refractivity contribution in [1.29, 1.82) is 0 Å². The zero-order chi connectivity index (χ0) is 22.0. The van der Waals surface area contributed by atoms with E-state index in [2.05, 4.69) is 24.4 Å². The first-order chi connectivity index (χ1) is 14.0. The SMILES string of the molecule is CCCCCCCCC=CCCCCCCCCCNCC(O)O.O=C(O)CO. The van der Waals surface area contributed by atoms with E-state index in [9.17, 15) is 0 Å². The number of rotatable bonds is 20. The van der Waals surface area contributed by atoms with Crippen LogP contribution < -0.4 is 5.32 Å². The molecule has 0 aromatic carbocycles. The first-order valence-corrected chi connectivity index (χ1v) is 11.6. The Labute approximate surface area is 178 Å². The predicted octanol–water partition coefficient (Wildman–Crippen LogP) is 4.38. The Balaban J connectivity index is 0. The van der Waals surface area contributed by atoms with Crippen LogP contribution in [0.3, 0.4) is 0 Å². The molecule has 0 amide bonds. The van der Waals surface area contributed by atoms with Gasteiger partial charge in [-0.05, 0) is 38.6 Å². The first-order valence-electron chi connectivity index (χ1n) is 11.6. The number of nitrogens with one attached hydrogen (secondary N) is 1. The number of aliphatic carboxylic acids is 1. The van der Waals surface area contributed by atoms with Crippen molar-refractivity contribution in [2.24, 2.45) is 0 Å². The third-order valence-corrected chi connectivity index (χ3v) is 4.58. The number of unbranched alkanes of at least 4 members (excludes halogenated alkanes) is 13. The Morgan fingerprint density at radius 3 is 1.62 bits per heavy atom. The Morgan fingerprint density at radius 1 is 0.793 bits per heavy atom. The van der Waals surface area contributed by atoms with Crippen LogP contribution in [-0.2, 0) is 4.79 Å². The van der Waals surface area contributed by atoms with Gasteiger partial charge in [-0.25, -0.2) is 4.79 Å². The van der Waals surface area contributed by atoms with Crippen molar-refractivity contribution in [2.75, 3.05) is 19.7 Å². The van der Waals surface area contributed by atoms with E-state index in [0.29, 0.717) is 0 Å². The summed E-state index contributed by atoms with van der Waals surface area (Å²) >= 11 is 0. The smallest absolute Gasteiger partial charge is 0.329 e. The standard InChI is InChI=1S/C21H43NO2.C2H4O3/c1-2-3-4-5-6-7-8-9-10-11-12-13-14-15-16-17-18-19-22-20-21(23)24;3-1-2(4)5/h9-10,21-24H,2-8,11-20H2,1H3;3H,1H2,(H,4,5). The van der Waals surface area contributed by atoms with E-state index in [4.69, 9.17) is 25.2 Å². The molecule has 0 bridgehead atoms. The van der Waals surface area contributed by atoms with Gasteiger partial charge in [0.2, 0.25) is 0 Å². The van der Waals surface area contributed by atoms with E-state index in [0.717, 1.165) is 13.0 Å². The van der Waals surface area contributed by atoms with Crippen molar-refractivity contribution in [3.63, 3.8) is 0 Å². The molecule has 0 aliphatic rings. The van der Waals surface area contributed by atoms with Gasteiger partial charge in [-0.2, -0.15) is 0 Å². The van der Waals surface area contributed by atoms with Crippen LogP contribution in [0, 0.1) is 0 Å². The van der Waals surface area contributed by atoms with Gasteiger partial charge in [-0.3, -0.25) is 0 Å². The number of carboxylic acid groups (broad SMARTS) is 1. The number of hydrogen-bond donors (Lipinski definition) is 5. The molecule has 174 valence electrons. The highest BCUT2D eigenvalue weighted by Gasteiger charge is 1.95. The Hall–Kier alpha value is -0.950. The molecule has 6 heteroatoms. The number of allylic oxidation sites excluding steroid dienone is 2. The van der Waals surface area contributed by atoms with E-state index in [1.54, 1.807) is 0 Å². The Kier molecular flexibility index (Phi) is 28.2. The lowest BCUT2D eigenvalue weighted by Gasteiger charge is -2.05. The fourth-order valence-electron chi connectivity index (χ4n) is 2.91. The highest BCUT2D eigenvalue weighted by Crippen LogP contribution is 2.10. The molecule has 0 spiro atoms. The summed E-state index contributed by atoms with van der Waals surface area (Å²) in [6.07, 6.45) is 23.5. The van der Waals surface area contributed by atoms with Gasteiger partial charge in [0.05, 0.1) is 0 Å². The highest BCUT2D eigenvalue weighted by atomic mass is 16.5. The lowest BCUT2D eigenvalue weighted by molar-refractivity contribution is -0.140. The topological polar surface area (TPSA) is 110 Å². The Morgan fingerprint density at radius 2 is 1.21 bits per heavy atom. The van der Waals surface area contributed by atoms with Gasteiger partial charge in [0, 0.05) is 6.54 Å². The molecule has 0 saturated heterocycles. The Bertz CT molecular complexity index is 348. The summed E-state index contributed by atoms with van der Waals surface area (Å²) in [4.78, 5) is 9.12. The van der Waals surface area contributed by atoms with Gasteiger partial charge in [0.15, 0.2) is 6.29 Å². The zero-order valence-electron chi connectivity index (χ0n) is 18.7. The second-order valence-electron chi connectivity index (χ2n) is 7.53. The second-order valence-corrected chi connectivity index (χ2v) is 7.53. The quantitative estimate of drug-likeness (QED) is 0.114. The van der Waals surface area contributed by atoms with Crippen molar-refractivity contribution in [1.82, 2.24) is 5.32 Å². The van der Waals surface area contributed by atoms with E-state index in [-0.39, 0.29) is 6.54 Å². The normalized spacial score (nSPS) is 11.1. The van der Waals surface area contributed by atoms with Gasteiger partial charge >= 0.3 is 5.97 Å². The summed E-state index contributed by atoms with van der Waals surface area (Å²) in [6, 6.07) is 0. The number of carboxylic acids is 1. The van der Waals surface area contributed by atoms with Gasteiger partial charge in [0.1, 0.15) is 6.61 Å². The van der Waals surface area contributed by atoms with Crippen LogP contribution in [0.4, 0.5) is 0 Å². The van der Waals surface area contributed by atoms with Crippen LogP contribution >= 0.6 is 0 Å². The minimum Gasteiger partial charge on any atom is -0.480 e. The summed E-state index contributed by atoms with van der Waals surface area (Å²) in [5, 5.41) is 35.4. The molecule has 0 rings (SSSR count). The second kappa shape index (κ2) is 27.0. The maximum absolute atomic E-state index is 9.12. The lowest BCUT2D eigenvalue weighted by atomic mass is 10.1. The molecule has 0 aliphatic carbocycles. The van der Waals surface area contributed by atoms with Crippen molar-refractivity contribution in [3.8, 4) is 0 Å². The fraction of sp³-hybridized carbons (Fsp3) is 0.870. The summed E-state index contributed by atoms with van der Waals surface area (Å²) in [5.74, 6) is -1.19. The molecule has 0 unspecified atom stereocenters. The van der Waals surface area contributed by atoms with E-state index in [1.165, 1.54) is 89.9 Å². The minimum absolute atomic E-state index is 0.284. The number of aliphatic hydroxyl groups is 3. The van der Waals surface area contributed by atoms with Crippen molar-refractivity contribution in [2.45, 2.75) is 110 Å². The molecule has 5 N–H and O–H groups in total. The first kappa shape index (κ1) is 30.2. The van der Waals surface area contributed by atoms with Crippen molar-refractivity contribution < 1.29 is 25.2 Å². The molecule has 0 aromatic heterocycles. The maximum Gasteiger partial charge on any atom is 0.329 e. The summed E-state index contributed by atoms with van der Waals surface area (Å²) in [6.45, 7) is 2.67. The fourth-order valence-corrected chi connectivity index (χ4v) is 2.91. The van der Waals surface area contributed by atoms with E-state index < -0.39 is 18.9 Å². The average molecular weight is 418 g/mol. The predicted molar refractivity (Wildman–Crippen MR) is 120 cm³/mol. The van der Waals surface area contributed by atoms with E-state index in [1.807, 2.05) is 0 Å². The minimum atomic E-state index is -1.22. The molecule has 0 radical (unpaired) electrons. The maximum atomic E-state index is 9.12. The van der Waals surface area contributed by atoms with Crippen LogP contribution in [0.2, 0.25) is 0 Å². The molecule has 6 nitrogen and oxygen atoms in total. The number of carbonyl (C=O) groups is 1. The molecule has 0 atom stereocenters. The molecule has 0 heterocycles. The summed E-state index contributed by atoms with van der Waals surface area (Å²) < 4.78 is 0. The van der Waals surface area contributed by atoms with Crippen LogP contribution in [-0.4, -0.2) is 52.4 Å². The third kappa shape index (κ3) is 34.9. The van der Waals surface area contributed by atoms with Crippen LogP contribution in [0.25, 0.3) is 0 Å². The lowest BCUT2D eigenvalue weighted by Crippen LogP contribution is -2.26. The molecule has 29 heavy (non-hydrogen) atoms. The zero-order valence-corrected chi connectivity index (χ0v) is 18.7. The molecular weight excluding hydrogens is 370 g/mol. The van der Waals surface area contributed by atoms with Crippen LogP contribution in [0.1, 0.15) is 103 Å². The van der Waals surface area contributed by atoms with Gasteiger partial charge < -0.3 is 25.7 Å². The third-order valence-electron chi connectivity index (χ3n) is 4.58. The molecule has 0 aromatic rings. The molecular formula is C23H47NO5. The van der Waals surface area contributed by atoms with Gasteiger partial charge in [-0.1, -0.05) is 83.3 Å². The van der Waals surface area contributed by atoms with Crippen LogP contribution in [0.15, 0.2) is 12.2 Å². The monoisotopic (exact) mass is 417 g/mol. The highest BCUT2D eigenvalue weighted by molar-refractivity contribution is 5.67. The van der Waals surface area contributed by atoms with Crippen LogP contribution in [0.5, 0.6) is 0 Å². The van der Waals surface area contributed by atoms with Gasteiger partial charge in [0.25, 0.3) is 0 Å². The van der Waals surface area contributed by atoms with Crippen molar-refractivity contribution >= 4 is 5.97 Å². The average Bonchev–Trinajstić information content (AvgIpc) is 2.70. The molecule has 0 fully saturated rings. The summed E-state index contributed by atoms with van der Waals surface area (Å²) in [7, 11) is 0. The largest absolute Gasteiger partial charge is 0.480 e. The summed E-state index contributed by atoms with van der Waals surface area (Å²) in [5.41, 5.74) is 0. The van der Waals surface area contributed by atoms with Crippen molar-refractivity contribution in [3.05, 3.63) is 12.2 Å². The van der Waals surface area contributed by atoms with Gasteiger partial charge in [-0.15, -0.1) is 0 Å². The molecule has 0 aliphatic heterocycles. The number of hydrogen-bond acceptors (Lipinski definition) is 5. The van der Waals surface area contributed by atoms with E-state index >= 15 is 0 Å². The molecule has 0 saturated carbocycles.